The third kappa shape index (κ3) is 4.84. The van der Waals surface area contributed by atoms with Crippen LogP contribution in [-0.4, -0.2) is 19.0 Å². The van der Waals surface area contributed by atoms with Crippen LogP contribution in [0.1, 0.15) is 71.6 Å². The van der Waals surface area contributed by atoms with Crippen LogP contribution in [0.25, 0.3) is 0 Å². The van der Waals surface area contributed by atoms with Crippen molar-refractivity contribution in [2.45, 2.75) is 77.4 Å². The van der Waals surface area contributed by atoms with E-state index in [1.807, 2.05) is 0 Å². The first-order valence-electron chi connectivity index (χ1n) is 7.11. The normalized spacial score (nSPS) is 20.6. The smallest absolute Gasteiger partial charge is 0.168 e. The quantitative estimate of drug-likeness (QED) is 0.605. The monoisotopic (exact) mass is 228 g/mol. The van der Waals surface area contributed by atoms with Crippen molar-refractivity contribution in [1.82, 2.24) is 0 Å². The van der Waals surface area contributed by atoms with E-state index in [2.05, 4.69) is 13.8 Å². The molecule has 1 aliphatic heterocycles. The predicted octanol–water partition coefficient (Wildman–Crippen LogP) is 4.28. The number of rotatable bonds is 7. The van der Waals surface area contributed by atoms with Gasteiger partial charge in [0.25, 0.3) is 0 Å². The molecular formula is C14H28O2. The molecule has 96 valence electrons. The molecular weight excluding hydrogens is 200 g/mol. The van der Waals surface area contributed by atoms with Gasteiger partial charge in [-0.25, -0.2) is 0 Å². The molecule has 0 spiro atoms. The zero-order valence-electron chi connectivity index (χ0n) is 11.1. The summed E-state index contributed by atoms with van der Waals surface area (Å²) in [5.74, 6) is -0.234. The van der Waals surface area contributed by atoms with E-state index < -0.39 is 0 Å². The summed E-state index contributed by atoms with van der Waals surface area (Å²) in [5, 5.41) is 0. The molecule has 16 heavy (non-hydrogen) atoms. The van der Waals surface area contributed by atoms with Crippen molar-refractivity contribution in [2.24, 2.45) is 0 Å². The Bertz CT molecular complexity index is 160. The summed E-state index contributed by atoms with van der Waals surface area (Å²) in [6.07, 6.45) is 10.7. The van der Waals surface area contributed by atoms with Crippen molar-refractivity contribution in [3.63, 3.8) is 0 Å². The van der Waals surface area contributed by atoms with Gasteiger partial charge in [-0.05, 0) is 25.7 Å². The average Bonchev–Trinajstić information content (AvgIpc) is 2.53. The summed E-state index contributed by atoms with van der Waals surface area (Å²) >= 11 is 0. The molecule has 0 atom stereocenters. The molecule has 0 unspecified atom stereocenters. The molecule has 2 nitrogen and oxygen atoms in total. The van der Waals surface area contributed by atoms with Crippen molar-refractivity contribution in [1.29, 1.82) is 0 Å². The topological polar surface area (TPSA) is 18.5 Å². The summed E-state index contributed by atoms with van der Waals surface area (Å²) in [6.45, 7) is 6.25. The molecule has 0 aromatic heterocycles. The number of ether oxygens (including phenoxy) is 2. The highest BCUT2D eigenvalue weighted by molar-refractivity contribution is 4.72. The number of unbranched alkanes of at least 4 members (excludes halogenated alkanes) is 3. The fraction of sp³-hybridized carbons (Fsp3) is 1.00. The van der Waals surface area contributed by atoms with Crippen molar-refractivity contribution >= 4 is 0 Å². The molecule has 0 N–H and O–H groups in total. The Hall–Kier alpha value is -0.0800. The Balaban J connectivity index is 2.43. The number of hydrogen-bond donors (Lipinski definition) is 0. The van der Waals surface area contributed by atoms with E-state index in [0.29, 0.717) is 0 Å². The summed E-state index contributed by atoms with van der Waals surface area (Å²) in [6, 6.07) is 0. The van der Waals surface area contributed by atoms with Crippen LogP contribution in [0.4, 0.5) is 0 Å². The van der Waals surface area contributed by atoms with Crippen molar-refractivity contribution in [3.05, 3.63) is 0 Å². The molecule has 1 aliphatic rings. The van der Waals surface area contributed by atoms with Crippen LogP contribution in [0.15, 0.2) is 0 Å². The van der Waals surface area contributed by atoms with E-state index in [-0.39, 0.29) is 5.79 Å². The van der Waals surface area contributed by atoms with Gasteiger partial charge in [-0.2, -0.15) is 0 Å². The minimum Gasteiger partial charge on any atom is -0.350 e. The summed E-state index contributed by atoms with van der Waals surface area (Å²) in [5.41, 5.74) is 0. The molecule has 2 heteroatoms. The van der Waals surface area contributed by atoms with E-state index in [9.17, 15) is 0 Å². The zero-order valence-corrected chi connectivity index (χ0v) is 11.1. The van der Waals surface area contributed by atoms with E-state index in [1.54, 1.807) is 0 Å². The highest BCUT2D eigenvalue weighted by atomic mass is 16.7. The molecule has 0 saturated carbocycles. The van der Waals surface area contributed by atoms with Gasteiger partial charge in [0.15, 0.2) is 5.79 Å². The van der Waals surface area contributed by atoms with Gasteiger partial charge in [0.1, 0.15) is 0 Å². The van der Waals surface area contributed by atoms with Crippen molar-refractivity contribution < 1.29 is 9.47 Å². The second-order valence-electron chi connectivity index (χ2n) is 4.88. The lowest BCUT2D eigenvalue weighted by Crippen LogP contribution is -2.35. The summed E-state index contributed by atoms with van der Waals surface area (Å²) < 4.78 is 12.0. The van der Waals surface area contributed by atoms with Gasteiger partial charge in [0.2, 0.25) is 0 Å². The Labute approximate surface area is 101 Å². The zero-order chi connectivity index (χ0) is 11.7. The van der Waals surface area contributed by atoms with Crippen LogP contribution >= 0.6 is 0 Å². The van der Waals surface area contributed by atoms with Gasteiger partial charge >= 0.3 is 0 Å². The molecule has 0 aromatic rings. The van der Waals surface area contributed by atoms with Gasteiger partial charge < -0.3 is 9.47 Å². The Morgan fingerprint density at radius 2 is 1.38 bits per heavy atom. The second-order valence-corrected chi connectivity index (χ2v) is 4.88. The van der Waals surface area contributed by atoms with Gasteiger partial charge in [-0.3, -0.25) is 0 Å². The molecule has 0 aliphatic carbocycles. The van der Waals surface area contributed by atoms with Gasteiger partial charge in [0.05, 0.1) is 13.2 Å². The van der Waals surface area contributed by atoms with Crippen molar-refractivity contribution in [2.75, 3.05) is 13.2 Å². The first-order chi connectivity index (χ1) is 7.83. The molecule has 1 saturated heterocycles. The molecule has 0 radical (unpaired) electrons. The molecule has 0 aromatic carbocycles. The van der Waals surface area contributed by atoms with Crippen LogP contribution in [-0.2, 0) is 9.47 Å². The minimum absolute atomic E-state index is 0.234. The average molecular weight is 228 g/mol. The van der Waals surface area contributed by atoms with Crippen LogP contribution in [0.2, 0.25) is 0 Å². The first-order valence-corrected chi connectivity index (χ1v) is 7.11. The van der Waals surface area contributed by atoms with Crippen LogP contribution < -0.4 is 0 Å². The Morgan fingerprint density at radius 1 is 0.812 bits per heavy atom. The van der Waals surface area contributed by atoms with Gasteiger partial charge in [0, 0.05) is 12.8 Å². The SMILES string of the molecule is CCCCCC1(CCCC)OCCCCO1. The fourth-order valence-corrected chi connectivity index (χ4v) is 2.27. The largest absolute Gasteiger partial charge is 0.350 e. The molecule has 1 heterocycles. The first kappa shape index (κ1) is 14.0. The van der Waals surface area contributed by atoms with Crippen molar-refractivity contribution in [3.8, 4) is 0 Å². The van der Waals surface area contributed by atoms with Crippen LogP contribution in [0, 0.1) is 0 Å². The Kier molecular flexibility index (Phi) is 7.06. The predicted molar refractivity (Wildman–Crippen MR) is 67.5 cm³/mol. The molecule has 0 bridgehead atoms. The molecule has 1 fully saturated rings. The third-order valence-electron chi connectivity index (χ3n) is 3.34. The second kappa shape index (κ2) is 8.08. The van der Waals surface area contributed by atoms with Crippen LogP contribution in [0.3, 0.4) is 0 Å². The summed E-state index contributed by atoms with van der Waals surface area (Å²) in [7, 11) is 0. The van der Waals surface area contributed by atoms with E-state index >= 15 is 0 Å². The van der Waals surface area contributed by atoms with E-state index in [1.165, 1.54) is 32.1 Å². The Morgan fingerprint density at radius 3 is 1.94 bits per heavy atom. The maximum atomic E-state index is 6.02. The lowest BCUT2D eigenvalue weighted by Gasteiger charge is -2.32. The summed E-state index contributed by atoms with van der Waals surface area (Å²) in [4.78, 5) is 0. The number of hydrogen-bond acceptors (Lipinski definition) is 2. The standard InChI is InChI=1S/C14H28O2/c1-3-5-7-11-14(10-6-4-2)15-12-8-9-13-16-14/h3-13H2,1-2H3. The highest BCUT2D eigenvalue weighted by Crippen LogP contribution is 2.30. The van der Waals surface area contributed by atoms with Crippen LogP contribution in [0.5, 0.6) is 0 Å². The van der Waals surface area contributed by atoms with E-state index in [4.69, 9.17) is 9.47 Å². The van der Waals surface area contributed by atoms with E-state index in [0.717, 1.165) is 38.9 Å². The highest BCUT2D eigenvalue weighted by Gasteiger charge is 2.32. The maximum Gasteiger partial charge on any atom is 0.168 e. The maximum absolute atomic E-state index is 6.02. The molecule has 0 amide bonds. The van der Waals surface area contributed by atoms with Gasteiger partial charge in [-0.15, -0.1) is 0 Å². The lowest BCUT2D eigenvalue weighted by molar-refractivity contribution is -0.234. The minimum atomic E-state index is -0.234. The molecule has 1 rings (SSSR count). The third-order valence-corrected chi connectivity index (χ3v) is 3.34. The fourth-order valence-electron chi connectivity index (χ4n) is 2.27. The lowest BCUT2D eigenvalue weighted by atomic mass is 10.0. The van der Waals surface area contributed by atoms with Gasteiger partial charge in [-0.1, -0.05) is 33.1 Å².